The largest absolute Gasteiger partial charge is 0.480 e. The van der Waals surface area contributed by atoms with Gasteiger partial charge in [-0.2, -0.15) is 0 Å². The fourth-order valence-electron chi connectivity index (χ4n) is 1.40. The van der Waals surface area contributed by atoms with Crippen LogP contribution in [0.15, 0.2) is 30.3 Å². The number of ether oxygens (including phenoxy) is 2. The number of nitrogens with one attached hydrogen (secondary N) is 1. The second kappa shape index (κ2) is 9.39. The monoisotopic (exact) mass is 291 g/mol. The highest BCUT2D eigenvalue weighted by Gasteiger charge is 2.19. The first-order valence-electron chi connectivity index (χ1n) is 6.28. The molecule has 0 bridgehead atoms. The second-order valence-corrected chi connectivity index (χ2v) is 4.09. The number of amides is 1. The van der Waals surface area contributed by atoms with Crippen LogP contribution in [-0.4, -0.2) is 36.9 Å². The van der Waals surface area contributed by atoms with Crippen LogP contribution in [0, 0.1) is 11.8 Å². The lowest BCUT2D eigenvalue weighted by atomic mass is 10.2. The Morgan fingerprint density at radius 2 is 2.00 bits per heavy atom. The first-order chi connectivity index (χ1) is 10.1. The van der Waals surface area contributed by atoms with E-state index in [2.05, 4.69) is 17.2 Å². The van der Waals surface area contributed by atoms with Gasteiger partial charge in [-0.3, -0.25) is 0 Å². The van der Waals surface area contributed by atoms with Crippen LogP contribution in [0.2, 0.25) is 0 Å². The van der Waals surface area contributed by atoms with Gasteiger partial charge in [-0.05, 0) is 5.56 Å². The highest BCUT2D eigenvalue weighted by molar-refractivity contribution is 5.80. The summed E-state index contributed by atoms with van der Waals surface area (Å²) in [7, 11) is 1.49. The molecule has 1 amide bonds. The lowest BCUT2D eigenvalue weighted by Crippen LogP contribution is -2.40. The van der Waals surface area contributed by atoms with Crippen molar-refractivity contribution in [3.8, 4) is 11.8 Å². The smallest absolute Gasteiger partial charge is 0.408 e. The third kappa shape index (κ3) is 6.99. The molecule has 112 valence electrons. The van der Waals surface area contributed by atoms with Gasteiger partial charge in [0.25, 0.3) is 0 Å². The van der Waals surface area contributed by atoms with Crippen LogP contribution in [0.3, 0.4) is 0 Å². The molecule has 1 rings (SSSR count). The van der Waals surface area contributed by atoms with Crippen molar-refractivity contribution in [1.82, 2.24) is 5.32 Å². The molecule has 0 radical (unpaired) electrons. The molecule has 1 aromatic carbocycles. The van der Waals surface area contributed by atoms with Gasteiger partial charge in [0.05, 0.1) is 0 Å². The number of carbonyl (C=O) groups is 2. The Kier molecular flexibility index (Phi) is 7.40. The molecule has 0 aliphatic heterocycles. The molecule has 1 unspecified atom stereocenters. The van der Waals surface area contributed by atoms with Crippen molar-refractivity contribution in [2.24, 2.45) is 0 Å². The number of benzene rings is 1. The summed E-state index contributed by atoms with van der Waals surface area (Å²) in [5.74, 6) is 4.08. The number of carboxylic acids is 1. The van der Waals surface area contributed by atoms with Crippen molar-refractivity contribution in [1.29, 1.82) is 0 Å². The van der Waals surface area contributed by atoms with E-state index in [4.69, 9.17) is 14.6 Å². The van der Waals surface area contributed by atoms with Gasteiger partial charge in [-0.15, -0.1) is 0 Å². The molecule has 0 heterocycles. The number of hydrogen-bond acceptors (Lipinski definition) is 4. The van der Waals surface area contributed by atoms with Crippen LogP contribution < -0.4 is 5.32 Å². The molecular weight excluding hydrogens is 274 g/mol. The Bertz CT molecular complexity index is 518. The van der Waals surface area contributed by atoms with Crippen molar-refractivity contribution in [2.75, 3.05) is 13.7 Å². The summed E-state index contributed by atoms with van der Waals surface area (Å²) in [4.78, 5) is 22.6. The van der Waals surface area contributed by atoms with Crippen molar-refractivity contribution in [3.05, 3.63) is 35.9 Å². The maximum absolute atomic E-state index is 11.6. The number of methoxy groups -OCH3 is 1. The molecule has 0 fully saturated rings. The van der Waals surface area contributed by atoms with Crippen LogP contribution in [-0.2, 0) is 20.9 Å². The van der Waals surface area contributed by atoms with Gasteiger partial charge in [0.2, 0.25) is 0 Å². The summed E-state index contributed by atoms with van der Waals surface area (Å²) in [6, 6.07) is 7.99. The van der Waals surface area contributed by atoms with E-state index in [0.29, 0.717) is 0 Å². The van der Waals surface area contributed by atoms with E-state index < -0.39 is 18.1 Å². The summed E-state index contributed by atoms with van der Waals surface area (Å²) >= 11 is 0. The predicted molar refractivity (Wildman–Crippen MR) is 75.5 cm³/mol. The van der Waals surface area contributed by atoms with Gasteiger partial charge in [0.1, 0.15) is 19.3 Å². The van der Waals surface area contributed by atoms with Gasteiger partial charge in [0, 0.05) is 13.5 Å². The van der Waals surface area contributed by atoms with E-state index in [1.54, 1.807) is 12.1 Å². The van der Waals surface area contributed by atoms with E-state index in [-0.39, 0.29) is 19.6 Å². The zero-order valence-electron chi connectivity index (χ0n) is 11.7. The standard InChI is InChI=1S/C15H17NO5/c1-20-10-6-5-9-13(14(17)18)16-15(19)21-11-12-7-3-2-4-8-12/h2-4,7-8,13H,9-11H2,1H3,(H,16,19)(H,17,18). The van der Waals surface area contributed by atoms with Crippen molar-refractivity contribution in [3.63, 3.8) is 0 Å². The van der Waals surface area contributed by atoms with Gasteiger partial charge < -0.3 is 19.9 Å². The van der Waals surface area contributed by atoms with Gasteiger partial charge in [-0.1, -0.05) is 42.2 Å². The number of carboxylic acid groups (broad SMARTS) is 1. The van der Waals surface area contributed by atoms with E-state index in [9.17, 15) is 9.59 Å². The lowest BCUT2D eigenvalue weighted by Gasteiger charge is -2.12. The van der Waals surface area contributed by atoms with Crippen LogP contribution >= 0.6 is 0 Å². The molecule has 0 aromatic heterocycles. The molecule has 0 saturated heterocycles. The summed E-state index contributed by atoms with van der Waals surface area (Å²) < 4.78 is 9.67. The Morgan fingerprint density at radius 3 is 2.62 bits per heavy atom. The Balaban J connectivity index is 2.42. The number of rotatable bonds is 6. The highest BCUT2D eigenvalue weighted by Crippen LogP contribution is 2.01. The number of carbonyl (C=O) groups excluding carboxylic acids is 1. The van der Waals surface area contributed by atoms with Crippen molar-refractivity contribution < 1.29 is 24.2 Å². The Hall–Kier alpha value is -2.52. The summed E-state index contributed by atoms with van der Waals surface area (Å²) in [5.41, 5.74) is 0.819. The quantitative estimate of drug-likeness (QED) is 0.774. The van der Waals surface area contributed by atoms with E-state index >= 15 is 0 Å². The number of aliphatic carboxylic acids is 1. The molecule has 6 heteroatoms. The SMILES string of the molecule is COCC#CCC(NC(=O)OCc1ccccc1)C(=O)O. The summed E-state index contributed by atoms with van der Waals surface area (Å²) in [6.07, 6.45) is -0.807. The first-order valence-corrected chi connectivity index (χ1v) is 6.28. The summed E-state index contributed by atoms with van der Waals surface area (Å²) in [5, 5.41) is 11.3. The molecule has 0 spiro atoms. The maximum Gasteiger partial charge on any atom is 0.408 e. The predicted octanol–water partition coefficient (Wildman–Crippen LogP) is 1.41. The fourth-order valence-corrected chi connectivity index (χ4v) is 1.40. The summed E-state index contributed by atoms with van der Waals surface area (Å²) in [6.45, 7) is 0.291. The molecule has 2 N–H and O–H groups in total. The average molecular weight is 291 g/mol. The zero-order chi connectivity index (χ0) is 15.5. The minimum absolute atomic E-state index is 0.0148. The minimum Gasteiger partial charge on any atom is -0.480 e. The molecule has 1 aromatic rings. The maximum atomic E-state index is 11.6. The first kappa shape index (κ1) is 16.5. The van der Waals surface area contributed by atoms with E-state index in [0.717, 1.165) is 5.56 Å². The van der Waals surface area contributed by atoms with Crippen LogP contribution in [0.1, 0.15) is 12.0 Å². The van der Waals surface area contributed by atoms with E-state index in [1.807, 2.05) is 18.2 Å². The third-order valence-corrected chi connectivity index (χ3v) is 2.45. The molecule has 0 aliphatic rings. The minimum atomic E-state index is -1.17. The molecular formula is C15H17NO5. The molecule has 0 saturated carbocycles. The van der Waals surface area contributed by atoms with Crippen LogP contribution in [0.25, 0.3) is 0 Å². The molecule has 0 aliphatic carbocycles. The van der Waals surface area contributed by atoms with E-state index in [1.165, 1.54) is 7.11 Å². The molecule has 6 nitrogen and oxygen atoms in total. The fraction of sp³-hybridized carbons (Fsp3) is 0.333. The topological polar surface area (TPSA) is 84.9 Å². The van der Waals surface area contributed by atoms with Gasteiger partial charge in [-0.25, -0.2) is 9.59 Å². The average Bonchev–Trinajstić information content (AvgIpc) is 2.49. The van der Waals surface area contributed by atoms with Crippen molar-refractivity contribution >= 4 is 12.1 Å². The van der Waals surface area contributed by atoms with Gasteiger partial charge in [0.15, 0.2) is 0 Å². The zero-order valence-corrected chi connectivity index (χ0v) is 11.7. The highest BCUT2D eigenvalue weighted by atomic mass is 16.5. The molecule has 21 heavy (non-hydrogen) atoms. The van der Waals surface area contributed by atoms with Crippen LogP contribution in [0.4, 0.5) is 4.79 Å². The number of alkyl carbamates (subject to hydrolysis) is 1. The Morgan fingerprint density at radius 1 is 1.29 bits per heavy atom. The third-order valence-electron chi connectivity index (χ3n) is 2.45. The lowest BCUT2D eigenvalue weighted by molar-refractivity contribution is -0.139. The normalized spacial score (nSPS) is 10.9. The van der Waals surface area contributed by atoms with Crippen LogP contribution in [0.5, 0.6) is 0 Å². The molecule has 1 atom stereocenters. The van der Waals surface area contributed by atoms with Crippen molar-refractivity contribution in [2.45, 2.75) is 19.1 Å². The Labute approximate surface area is 123 Å². The second-order valence-electron chi connectivity index (χ2n) is 4.09. The number of hydrogen-bond donors (Lipinski definition) is 2. The van der Waals surface area contributed by atoms with Gasteiger partial charge >= 0.3 is 12.1 Å².